The molecule has 0 aliphatic heterocycles. The van der Waals surface area contributed by atoms with Crippen LogP contribution in [0.25, 0.3) is 11.3 Å². The van der Waals surface area contributed by atoms with Crippen molar-refractivity contribution in [3.8, 4) is 11.3 Å². The van der Waals surface area contributed by atoms with Gasteiger partial charge in [0.25, 0.3) is 0 Å². The summed E-state index contributed by atoms with van der Waals surface area (Å²) in [6.45, 7) is 2.04. The molecule has 0 bridgehead atoms. The van der Waals surface area contributed by atoms with Gasteiger partial charge in [-0.05, 0) is 25.5 Å². The number of carbonyl (C=O) groups is 1. The van der Waals surface area contributed by atoms with Gasteiger partial charge in [0, 0.05) is 18.4 Å². The van der Waals surface area contributed by atoms with Gasteiger partial charge in [-0.3, -0.25) is 4.79 Å². The number of furan rings is 1. The van der Waals surface area contributed by atoms with Crippen LogP contribution in [0.2, 0.25) is 0 Å². The van der Waals surface area contributed by atoms with Gasteiger partial charge < -0.3 is 9.52 Å². The quantitative estimate of drug-likeness (QED) is 0.873. The summed E-state index contributed by atoms with van der Waals surface area (Å²) in [7, 11) is 0. The maximum Gasteiger partial charge on any atom is 0.303 e. The van der Waals surface area contributed by atoms with E-state index in [1.165, 1.54) is 5.56 Å². The molecule has 0 saturated heterocycles. The number of hydrogen-bond acceptors (Lipinski definition) is 2. The lowest BCUT2D eigenvalue weighted by Gasteiger charge is -1.98. The Hall–Kier alpha value is -2.03. The molecule has 18 heavy (non-hydrogen) atoms. The Morgan fingerprint density at radius 3 is 2.56 bits per heavy atom. The molecule has 2 aromatic rings. The number of rotatable bonds is 5. The van der Waals surface area contributed by atoms with Crippen molar-refractivity contribution in [2.75, 3.05) is 0 Å². The largest absolute Gasteiger partial charge is 0.481 e. The Bertz CT molecular complexity index is 523. The van der Waals surface area contributed by atoms with Crippen LogP contribution in [-0.2, 0) is 11.2 Å². The van der Waals surface area contributed by atoms with Gasteiger partial charge in [-0.2, -0.15) is 0 Å². The molecule has 0 saturated carbocycles. The molecule has 2 rings (SSSR count). The first-order valence-electron chi connectivity index (χ1n) is 6.03. The molecule has 0 spiro atoms. The molecule has 1 N–H and O–H groups in total. The molecule has 0 amide bonds. The van der Waals surface area contributed by atoms with Crippen molar-refractivity contribution in [3.63, 3.8) is 0 Å². The number of benzene rings is 1. The summed E-state index contributed by atoms with van der Waals surface area (Å²) in [6, 6.07) is 12.0. The normalized spacial score (nSPS) is 10.5. The monoisotopic (exact) mass is 244 g/mol. The van der Waals surface area contributed by atoms with Gasteiger partial charge in [0.2, 0.25) is 0 Å². The first-order chi connectivity index (χ1) is 8.65. The molecular weight excluding hydrogens is 228 g/mol. The van der Waals surface area contributed by atoms with Crippen LogP contribution in [0.3, 0.4) is 0 Å². The first-order valence-corrected chi connectivity index (χ1v) is 6.03. The van der Waals surface area contributed by atoms with Crippen molar-refractivity contribution in [3.05, 3.63) is 47.7 Å². The van der Waals surface area contributed by atoms with Crippen molar-refractivity contribution < 1.29 is 14.3 Å². The molecule has 1 aromatic heterocycles. The smallest absolute Gasteiger partial charge is 0.303 e. The predicted octanol–water partition coefficient (Wildman–Crippen LogP) is 3.66. The molecule has 0 fully saturated rings. The number of aryl methyl sites for hydroxylation is 2. The third kappa shape index (κ3) is 3.23. The third-order valence-corrected chi connectivity index (χ3v) is 2.81. The molecule has 3 nitrogen and oxygen atoms in total. The number of hydrogen-bond donors (Lipinski definition) is 1. The molecule has 0 atom stereocenters. The zero-order valence-corrected chi connectivity index (χ0v) is 10.3. The number of carboxylic acids is 1. The van der Waals surface area contributed by atoms with Crippen LogP contribution in [0.5, 0.6) is 0 Å². The van der Waals surface area contributed by atoms with E-state index in [1.54, 1.807) is 0 Å². The van der Waals surface area contributed by atoms with E-state index in [0.717, 1.165) is 17.1 Å². The Labute approximate surface area is 106 Å². The summed E-state index contributed by atoms with van der Waals surface area (Å²) in [4.78, 5) is 10.4. The third-order valence-electron chi connectivity index (χ3n) is 2.81. The van der Waals surface area contributed by atoms with Crippen LogP contribution in [0.1, 0.15) is 24.2 Å². The topological polar surface area (TPSA) is 50.4 Å². The highest BCUT2D eigenvalue weighted by Gasteiger charge is 2.05. The van der Waals surface area contributed by atoms with Crippen molar-refractivity contribution in [2.24, 2.45) is 0 Å². The van der Waals surface area contributed by atoms with Crippen LogP contribution >= 0.6 is 0 Å². The molecule has 3 heteroatoms. The summed E-state index contributed by atoms with van der Waals surface area (Å²) in [5.41, 5.74) is 2.26. The van der Waals surface area contributed by atoms with Crippen LogP contribution in [0, 0.1) is 6.92 Å². The lowest BCUT2D eigenvalue weighted by atomic mass is 10.1. The van der Waals surface area contributed by atoms with Crippen LogP contribution in [-0.4, -0.2) is 11.1 Å². The average molecular weight is 244 g/mol. The summed E-state index contributed by atoms with van der Waals surface area (Å²) in [5.74, 6) is 0.910. The maximum atomic E-state index is 10.4. The molecule has 1 aromatic carbocycles. The molecule has 0 aliphatic carbocycles. The Balaban J connectivity index is 2.01. The molecular formula is C15H16O3. The summed E-state index contributed by atoms with van der Waals surface area (Å²) < 4.78 is 5.70. The van der Waals surface area contributed by atoms with E-state index in [2.05, 4.69) is 0 Å². The van der Waals surface area contributed by atoms with E-state index in [4.69, 9.17) is 9.52 Å². The highest BCUT2D eigenvalue weighted by Crippen LogP contribution is 2.23. The lowest BCUT2D eigenvalue weighted by Crippen LogP contribution is -1.94. The standard InChI is InChI=1S/C15H16O3/c1-11-5-7-12(8-6-11)14-10-9-13(18-14)3-2-4-15(16)17/h5-10H,2-4H2,1H3,(H,16,17). The fourth-order valence-corrected chi connectivity index (χ4v) is 1.80. The van der Waals surface area contributed by atoms with Crippen molar-refractivity contribution in [2.45, 2.75) is 26.2 Å². The Kier molecular flexibility index (Phi) is 3.82. The minimum Gasteiger partial charge on any atom is -0.481 e. The Morgan fingerprint density at radius 1 is 1.17 bits per heavy atom. The van der Waals surface area contributed by atoms with Gasteiger partial charge in [0.1, 0.15) is 11.5 Å². The van der Waals surface area contributed by atoms with E-state index in [0.29, 0.717) is 12.8 Å². The van der Waals surface area contributed by atoms with Crippen molar-refractivity contribution >= 4 is 5.97 Å². The summed E-state index contributed by atoms with van der Waals surface area (Å²) in [6.07, 6.45) is 1.45. The highest BCUT2D eigenvalue weighted by atomic mass is 16.4. The average Bonchev–Trinajstić information content (AvgIpc) is 2.78. The first kappa shape index (κ1) is 12.4. The lowest BCUT2D eigenvalue weighted by molar-refractivity contribution is -0.137. The molecule has 0 radical (unpaired) electrons. The second kappa shape index (κ2) is 5.54. The second-order valence-corrected chi connectivity index (χ2v) is 4.38. The van der Waals surface area contributed by atoms with Crippen LogP contribution in [0.4, 0.5) is 0 Å². The Morgan fingerprint density at radius 2 is 1.89 bits per heavy atom. The van der Waals surface area contributed by atoms with Crippen LogP contribution in [0.15, 0.2) is 40.8 Å². The highest BCUT2D eigenvalue weighted by molar-refractivity contribution is 5.66. The van der Waals surface area contributed by atoms with Gasteiger partial charge in [-0.1, -0.05) is 29.8 Å². The minimum absolute atomic E-state index is 0.181. The van der Waals surface area contributed by atoms with Crippen molar-refractivity contribution in [1.29, 1.82) is 0 Å². The molecule has 1 heterocycles. The number of aliphatic carboxylic acids is 1. The number of carboxylic acid groups (broad SMARTS) is 1. The van der Waals surface area contributed by atoms with Gasteiger partial charge >= 0.3 is 5.97 Å². The molecule has 0 unspecified atom stereocenters. The van der Waals surface area contributed by atoms with E-state index in [1.807, 2.05) is 43.3 Å². The molecule has 0 aliphatic rings. The van der Waals surface area contributed by atoms with E-state index < -0.39 is 5.97 Å². The minimum atomic E-state index is -0.764. The maximum absolute atomic E-state index is 10.4. The van der Waals surface area contributed by atoms with Gasteiger partial charge in [0.15, 0.2) is 0 Å². The van der Waals surface area contributed by atoms with Gasteiger partial charge in [-0.15, -0.1) is 0 Å². The second-order valence-electron chi connectivity index (χ2n) is 4.38. The van der Waals surface area contributed by atoms with E-state index >= 15 is 0 Å². The van der Waals surface area contributed by atoms with E-state index in [9.17, 15) is 4.79 Å². The fourth-order valence-electron chi connectivity index (χ4n) is 1.80. The summed E-state index contributed by atoms with van der Waals surface area (Å²) >= 11 is 0. The zero-order valence-electron chi connectivity index (χ0n) is 10.3. The SMILES string of the molecule is Cc1ccc(-c2ccc(CCCC(=O)O)o2)cc1. The zero-order chi connectivity index (χ0) is 13.0. The fraction of sp³-hybridized carbons (Fsp3) is 0.267. The van der Waals surface area contributed by atoms with E-state index in [-0.39, 0.29) is 6.42 Å². The van der Waals surface area contributed by atoms with Crippen LogP contribution < -0.4 is 0 Å². The van der Waals surface area contributed by atoms with Crippen molar-refractivity contribution in [1.82, 2.24) is 0 Å². The predicted molar refractivity (Wildman–Crippen MR) is 69.5 cm³/mol. The van der Waals surface area contributed by atoms with Gasteiger partial charge in [-0.25, -0.2) is 0 Å². The summed E-state index contributed by atoms with van der Waals surface area (Å²) in [5, 5.41) is 8.57. The van der Waals surface area contributed by atoms with Gasteiger partial charge in [0.05, 0.1) is 0 Å². The molecule has 94 valence electrons.